The third-order valence-corrected chi connectivity index (χ3v) is 7.31. The molecular weight excluding hydrogens is 416 g/mol. The molecule has 0 N–H and O–H groups in total. The molecule has 1 saturated heterocycles. The highest BCUT2D eigenvalue weighted by Crippen LogP contribution is 2.24. The second kappa shape index (κ2) is 8.19. The molecule has 1 amide bonds. The number of hydrogen-bond donors (Lipinski definition) is 0. The van der Waals surface area contributed by atoms with E-state index in [1.165, 1.54) is 11.0 Å². The SMILES string of the molecule is CN(C)c1ccc(CN(C(=O)c2cc(=O)c3ccccc3o2)[C@@H]2CCS(=O)(=O)C2)cc1. The Morgan fingerprint density at radius 2 is 1.81 bits per heavy atom. The van der Waals surface area contributed by atoms with E-state index in [4.69, 9.17) is 4.42 Å². The molecule has 7 nitrogen and oxygen atoms in total. The number of para-hydroxylation sites is 1. The molecule has 0 aliphatic carbocycles. The smallest absolute Gasteiger partial charge is 0.290 e. The van der Waals surface area contributed by atoms with Crippen LogP contribution >= 0.6 is 0 Å². The van der Waals surface area contributed by atoms with Gasteiger partial charge in [0.05, 0.1) is 16.9 Å². The molecule has 3 aromatic rings. The predicted molar refractivity (Wildman–Crippen MR) is 120 cm³/mol. The molecule has 0 unspecified atom stereocenters. The molecule has 1 aliphatic heterocycles. The molecule has 162 valence electrons. The van der Waals surface area contributed by atoms with Crippen LogP contribution in [0.1, 0.15) is 22.5 Å². The molecule has 0 radical (unpaired) electrons. The molecule has 4 rings (SSSR count). The van der Waals surface area contributed by atoms with Crippen LogP contribution in [-0.4, -0.2) is 50.9 Å². The summed E-state index contributed by atoms with van der Waals surface area (Å²) in [5.74, 6) is -0.616. The van der Waals surface area contributed by atoms with Gasteiger partial charge >= 0.3 is 0 Å². The number of hydrogen-bond acceptors (Lipinski definition) is 6. The van der Waals surface area contributed by atoms with Crippen molar-refractivity contribution in [3.8, 4) is 0 Å². The zero-order valence-electron chi connectivity index (χ0n) is 17.4. The van der Waals surface area contributed by atoms with E-state index < -0.39 is 21.8 Å². The maximum Gasteiger partial charge on any atom is 0.290 e. The monoisotopic (exact) mass is 440 g/mol. The Labute approximate surface area is 180 Å². The number of rotatable bonds is 5. The maximum atomic E-state index is 13.4. The zero-order valence-corrected chi connectivity index (χ0v) is 18.3. The van der Waals surface area contributed by atoms with Crippen LogP contribution in [0.4, 0.5) is 5.69 Å². The molecular formula is C23H24N2O5S. The lowest BCUT2D eigenvalue weighted by atomic mass is 10.1. The van der Waals surface area contributed by atoms with Crippen molar-refractivity contribution in [2.45, 2.75) is 19.0 Å². The third kappa shape index (κ3) is 4.49. The number of sulfone groups is 1. The first kappa shape index (κ1) is 21.1. The van der Waals surface area contributed by atoms with Crippen molar-refractivity contribution in [2.75, 3.05) is 30.5 Å². The summed E-state index contributed by atoms with van der Waals surface area (Å²) in [5, 5.41) is 0.397. The minimum Gasteiger partial charge on any atom is -0.451 e. The van der Waals surface area contributed by atoms with Crippen LogP contribution in [0.15, 0.2) is 63.8 Å². The molecule has 1 fully saturated rings. The van der Waals surface area contributed by atoms with E-state index in [0.717, 1.165) is 11.3 Å². The highest BCUT2D eigenvalue weighted by molar-refractivity contribution is 7.91. The first-order valence-corrected chi connectivity index (χ1v) is 11.9. The van der Waals surface area contributed by atoms with Gasteiger partial charge in [0.25, 0.3) is 5.91 Å². The van der Waals surface area contributed by atoms with Crippen LogP contribution in [0.2, 0.25) is 0 Å². The average Bonchev–Trinajstić information content (AvgIpc) is 3.11. The van der Waals surface area contributed by atoms with Crippen molar-refractivity contribution >= 4 is 32.4 Å². The Kier molecular flexibility index (Phi) is 5.58. The maximum absolute atomic E-state index is 13.4. The van der Waals surface area contributed by atoms with E-state index in [-0.39, 0.29) is 29.2 Å². The fourth-order valence-corrected chi connectivity index (χ4v) is 5.57. The topological polar surface area (TPSA) is 87.9 Å². The van der Waals surface area contributed by atoms with E-state index in [0.29, 0.717) is 17.4 Å². The van der Waals surface area contributed by atoms with Crippen LogP contribution in [0.5, 0.6) is 0 Å². The van der Waals surface area contributed by atoms with E-state index in [1.54, 1.807) is 24.3 Å². The van der Waals surface area contributed by atoms with Crippen LogP contribution in [-0.2, 0) is 16.4 Å². The lowest BCUT2D eigenvalue weighted by molar-refractivity contribution is 0.0648. The number of benzene rings is 2. The Bertz CT molecular complexity index is 1280. The van der Waals surface area contributed by atoms with E-state index in [2.05, 4.69) is 0 Å². The van der Waals surface area contributed by atoms with Gasteiger partial charge in [0.2, 0.25) is 0 Å². The van der Waals surface area contributed by atoms with Crippen molar-refractivity contribution in [2.24, 2.45) is 0 Å². The van der Waals surface area contributed by atoms with Crippen LogP contribution in [0, 0.1) is 0 Å². The van der Waals surface area contributed by atoms with E-state index >= 15 is 0 Å². The molecule has 1 atom stereocenters. The summed E-state index contributed by atoms with van der Waals surface area (Å²) in [5.41, 5.74) is 1.91. The minimum atomic E-state index is -3.20. The molecule has 0 spiro atoms. The summed E-state index contributed by atoms with van der Waals surface area (Å²) in [6, 6.07) is 15.2. The average molecular weight is 441 g/mol. The van der Waals surface area contributed by atoms with Gasteiger partial charge in [-0.05, 0) is 36.2 Å². The summed E-state index contributed by atoms with van der Waals surface area (Å²) in [6.45, 7) is 0.225. The van der Waals surface area contributed by atoms with Gasteiger partial charge in [-0.25, -0.2) is 8.42 Å². The van der Waals surface area contributed by atoms with Gasteiger partial charge in [0, 0.05) is 38.4 Å². The van der Waals surface area contributed by atoms with Gasteiger partial charge in [-0.1, -0.05) is 24.3 Å². The van der Waals surface area contributed by atoms with Crippen molar-refractivity contribution in [1.29, 1.82) is 0 Å². The molecule has 2 heterocycles. The van der Waals surface area contributed by atoms with Crippen molar-refractivity contribution in [1.82, 2.24) is 4.90 Å². The van der Waals surface area contributed by atoms with Crippen LogP contribution in [0.25, 0.3) is 11.0 Å². The Morgan fingerprint density at radius 1 is 1.10 bits per heavy atom. The second-order valence-electron chi connectivity index (χ2n) is 8.02. The Morgan fingerprint density at radius 3 is 2.45 bits per heavy atom. The number of carbonyl (C=O) groups excluding carboxylic acids is 1. The van der Waals surface area contributed by atoms with Gasteiger partial charge in [-0.15, -0.1) is 0 Å². The highest BCUT2D eigenvalue weighted by Gasteiger charge is 2.36. The normalized spacial score (nSPS) is 17.5. The summed E-state index contributed by atoms with van der Waals surface area (Å²) < 4.78 is 29.9. The molecule has 1 aliphatic rings. The van der Waals surface area contributed by atoms with Crippen molar-refractivity contribution in [3.63, 3.8) is 0 Å². The largest absolute Gasteiger partial charge is 0.451 e. The van der Waals surface area contributed by atoms with E-state index in [9.17, 15) is 18.0 Å². The summed E-state index contributed by atoms with van der Waals surface area (Å²) in [7, 11) is 0.679. The molecule has 0 saturated carbocycles. The van der Waals surface area contributed by atoms with Crippen molar-refractivity contribution < 1.29 is 17.6 Å². The highest BCUT2D eigenvalue weighted by atomic mass is 32.2. The molecule has 31 heavy (non-hydrogen) atoms. The van der Waals surface area contributed by atoms with Crippen molar-refractivity contribution in [3.05, 3.63) is 76.1 Å². The quantitative estimate of drug-likeness (QED) is 0.606. The fourth-order valence-electron chi connectivity index (χ4n) is 3.83. The third-order valence-electron chi connectivity index (χ3n) is 5.56. The number of nitrogens with zero attached hydrogens (tertiary/aromatic N) is 2. The number of anilines is 1. The fraction of sp³-hybridized carbons (Fsp3) is 0.304. The first-order valence-electron chi connectivity index (χ1n) is 10.0. The summed E-state index contributed by atoms with van der Waals surface area (Å²) >= 11 is 0. The van der Waals surface area contributed by atoms with Gasteiger partial charge in [-0.2, -0.15) is 0 Å². The number of carbonyl (C=O) groups is 1. The zero-order chi connectivity index (χ0) is 22.2. The van der Waals surface area contributed by atoms with Gasteiger partial charge in [-0.3, -0.25) is 9.59 Å². The van der Waals surface area contributed by atoms with E-state index in [1.807, 2.05) is 43.3 Å². The Hall–Kier alpha value is -3.13. The van der Waals surface area contributed by atoms with Gasteiger partial charge in [0.15, 0.2) is 21.0 Å². The van der Waals surface area contributed by atoms with Gasteiger partial charge in [0.1, 0.15) is 5.58 Å². The molecule has 8 heteroatoms. The minimum absolute atomic E-state index is 0.0443. The standard InChI is InChI=1S/C23H24N2O5S/c1-24(2)17-9-7-16(8-10-17)14-25(18-11-12-31(28,29)15-18)23(27)22-13-20(26)19-5-3-4-6-21(19)30-22/h3-10,13,18H,11-12,14-15H2,1-2H3/t18-/m1/s1. The predicted octanol–water partition coefficient (Wildman–Crippen LogP) is 2.69. The lowest BCUT2D eigenvalue weighted by Gasteiger charge is -2.28. The molecule has 1 aromatic heterocycles. The molecule has 2 aromatic carbocycles. The summed E-state index contributed by atoms with van der Waals surface area (Å²) in [6.07, 6.45) is 0.363. The first-order chi connectivity index (χ1) is 14.7. The number of fused-ring (bicyclic) bond motifs is 1. The summed E-state index contributed by atoms with van der Waals surface area (Å²) in [4.78, 5) is 29.4. The van der Waals surface area contributed by atoms with Crippen LogP contribution in [0.3, 0.4) is 0 Å². The number of amides is 1. The van der Waals surface area contributed by atoms with Gasteiger partial charge < -0.3 is 14.2 Å². The molecule has 0 bridgehead atoms. The lowest BCUT2D eigenvalue weighted by Crippen LogP contribution is -2.40. The van der Waals surface area contributed by atoms with Crippen LogP contribution < -0.4 is 10.3 Å². The Balaban J connectivity index is 1.70. The second-order valence-corrected chi connectivity index (χ2v) is 10.3.